The van der Waals surface area contributed by atoms with Crippen LogP contribution in [0.4, 0.5) is 33.8 Å². The van der Waals surface area contributed by atoms with Gasteiger partial charge in [0.1, 0.15) is 11.5 Å². The molecular formula is C41H47ClN12O4. The topological polar surface area (TPSA) is 167 Å². The standard InChI is InChI=1S/C41H47ClN12O4/c1-24-31-23-44-40(47-37(31)54(28-6-4-5-7-28)39(57)35(24)25(2)55)45-33-9-8-29(22-43-33)50-13-10-27(11-14-50)51-16-18-52(19-17-51)32-21-26(42)20-30-36(32)49(3)48-38(30)53-15-12-34(56)46-41(53)58/h8-9,20-23,27-28H,4-7,10-19H2,1-3H3,(H,46,56,58)(H,43,44,45,47). The van der Waals surface area contributed by atoms with Gasteiger partial charge in [0.15, 0.2) is 11.6 Å². The van der Waals surface area contributed by atoms with Crippen LogP contribution in [0, 0.1) is 6.92 Å². The van der Waals surface area contributed by atoms with Crippen molar-refractivity contribution in [2.24, 2.45) is 7.05 Å². The molecule has 9 rings (SSSR count). The Balaban J connectivity index is 0.829. The third-order valence-corrected chi connectivity index (χ3v) is 12.6. The number of Topliss-reactive ketones (excluding diaryl/α,β-unsaturated/α-hetero) is 1. The molecule has 1 aromatic carbocycles. The van der Waals surface area contributed by atoms with Crippen molar-refractivity contribution in [1.82, 2.24) is 39.5 Å². The number of piperidine rings is 1. The molecule has 0 unspecified atom stereocenters. The smallest absolute Gasteiger partial charge is 0.329 e. The van der Waals surface area contributed by atoms with Gasteiger partial charge in [0.2, 0.25) is 11.9 Å². The number of rotatable bonds is 8. The SMILES string of the molecule is CC(=O)c1c(C)c2cnc(Nc3ccc(N4CCC(N5CCN(c6cc(Cl)cc7c(N8CCC(=O)NC8=O)nn(C)c67)CC5)CC4)cn3)nc2n(C2CCCC2)c1=O. The van der Waals surface area contributed by atoms with Crippen molar-refractivity contribution in [1.29, 1.82) is 0 Å². The van der Waals surface area contributed by atoms with Crippen molar-refractivity contribution in [2.45, 2.75) is 70.9 Å². The lowest BCUT2D eigenvalue weighted by Gasteiger charge is -2.44. The van der Waals surface area contributed by atoms with Gasteiger partial charge in [-0.1, -0.05) is 24.4 Å². The first kappa shape index (κ1) is 37.9. The summed E-state index contributed by atoms with van der Waals surface area (Å²) in [5.74, 6) is 0.940. The number of benzene rings is 1. The highest BCUT2D eigenvalue weighted by molar-refractivity contribution is 6.32. The highest BCUT2D eigenvalue weighted by Crippen LogP contribution is 2.38. The predicted molar refractivity (Wildman–Crippen MR) is 224 cm³/mol. The zero-order chi connectivity index (χ0) is 40.2. The van der Waals surface area contributed by atoms with Gasteiger partial charge in [-0.15, -0.1) is 0 Å². The first-order valence-corrected chi connectivity index (χ1v) is 20.6. The Morgan fingerprint density at radius 1 is 0.879 bits per heavy atom. The van der Waals surface area contributed by atoms with Crippen LogP contribution in [0.5, 0.6) is 0 Å². The predicted octanol–water partition coefficient (Wildman–Crippen LogP) is 5.33. The number of aromatic nitrogens is 6. The first-order chi connectivity index (χ1) is 28.0. The van der Waals surface area contributed by atoms with E-state index in [0.717, 1.165) is 100 Å². The number of ketones is 1. The molecule has 17 heteroatoms. The Labute approximate surface area is 340 Å². The van der Waals surface area contributed by atoms with E-state index >= 15 is 0 Å². The van der Waals surface area contributed by atoms with Crippen LogP contribution < -0.4 is 30.9 Å². The molecule has 4 aromatic heterocycles. The molecule has 1 saturated carbocycles. The van der Waals surface area contributed by atoms with Gasteiger partial charge in [0, 0.05) is 93.4 Å². The summed E-state index contributed by atoms with van der Waals surface area (Å²) in [6, 6.07) is 7.86. The Morgan fingerprint density at radius 3 is 2.33 bits per heavy atom. The summed E-state index contributed by atoms with van der Waals surface area (Å²) in [6.07, 6.45) is 9.75. The fraction of sp³-hybridized carbons (Fsp3) is 0.463. The Bertz CT molecular complexity index is 2500. The van der Waals surface area contributed by atoms with E-state index < -0.39 is 6.03 Å². The molecule has 3 amide bonds. The lowest BCUT2D eigenvalue weighted by Crippen LogP contribution is -2.53. The maximum absolute atomic E-state index is 13.6. The number of hydrogen-bond donors (Lipinski definition) is 2. The van der Waals surface area contributed by atoms with Crippen molar-refractivity contribution in [2.75, 3.05) is 65.8 Å². The molecule has 5 aromatic rings. The monoisotopic (exact) mass is 806 g/mol. The lowest BCUT2D eigenvalue weighted by atomic mass is 10.0. The number of pyridine rings is 2. The zero-order valence-corrected chi connectivity index (χ0v) is 33.8. The molecule has 302 valence electrons. The molecule has 0 atom stereocenters. The molecule has 2 N–H and O–H groups in total. The van der Waals surface area contributed by atoms with Gasteiger partial charge in [0.05, 0.1) is 28.7 Å². The second-order valence-corrected chi connectivity index (χ2v) is 16.3. The maximum atomic E-state index is 13.6. The molecule has 58 heavy (non-hydrogen) atoms. The highest BCUT2D eigenvalue weighted by Gasteiger charge is 2.32. The fourth-order valence-corrected chi connectivity index (χ4v) is 9.65. The van der Waals surface area contributed by atoms with Crippen LogP contribution in [0.15, 0.2) is 41.5 Å². The van der Waals surface area contributed by atoms with Gasteiger partial charge < -0.3 is 15.1 Å². The van der Waals surface area contributed by atoms with Gasteiger partial charge in [-0.2, -0.15) is 10.1 Å². The number of piperazine rings is 1. The second-order valence-electron chi connectivity index (χ2n) is 15.9. The van der Waals surface area contributed by atoms with Gasteiger partial charge in [-0.05, 0) is 69.4 Å². The Morgan fingerprint density at radius 2 is 1.64 bits per heavy atom. The number of nitrogens with zero attached hydrogens (tertiary/aromatic N) is 10. The number of carbonyl (C=O) groups excluding carboxylic acids is 3. The highest BCUT2D eigenvalue weighted by atomic mass is 35.5. The molecule has 1 aliphatic carbocycles. The Kier molecular flexibility index (Phi) is 10.00. The van der Waals surface area contributed by atoms with Crippen LogP contribution in [0.3, 0.4) is 0 Å². The van der Waals surface area contributed by atoms with E-state index in [1.54, 1.807) is 22.4 Å². The third kappa shape index (κ3) is 6.91. The summed E-state index contributed by atoms with van der Waals surface area (Å²) >= 11 is 6.66. The van der Waals surface area contributed by atoms with Crippen molar-refractivity contribution in [3.8, 4) is 0 Å². The van der Waals surface area contributed by atoms with Crippen molar-refractivity contribution < 1.29 is 14.4 Å². The summed E-state index contributed by atoms with van der Waals surface area (Å²) in [5, 5.41) is 12.4. The van der Waals surface area contributed by atoms with Crippen LogP contribution >= 0.6 is 11.6 Å². The van der Waals surface area contributed by atoms with Gasteiger partial charge in [0.25, 0.3) is 5.56 Å². The average molecular weight is 807 g/mol. The van der Waals surface area contributed by atoms with Crippen LogP contribution in [-0.2, 0) is 11.8 Å². The number of aryl methyl sites for hydroxylation is 2. The number of anilines is 5. The fourth-order valence-electron chi connectivity index (χ4n) is 9.44. The molecule has 3 aliphatic heterocycles. The summed E-state index contributed by atoms with van der Waals surface area (Å²) < 4.78 is 3.53. The number of halogens is 1. The number of fused-ring (bicyclic) bond motifs is 2. The summed E-state index contributed by atoms with van der Waals surface area (Å²) in [7, 11) is 1.88. The molecule has 4 aliphatic rings. The van der Waals surface area contributed by atoms with E-state index in [1.807, 2.05) is 31.4 Å². The largest absolute Gasteiger partial charge is 0.370 e. The van der Waals surface area contributed by atoms with Gasteiger partial charge in [-0.3, -0.25) is 38.7 Å². The van der Waals surface area contributed by atoms with E-state index in [9.17, 15) is 19.2 Å². The second kappa shape index (κ2) is 15.3. The number of amides is 3. The van der Waals surface area contributed by atoms with Crippen molar-refractivity contribution >= 4 is 80.2 Å². The van der Waals surface area contributed by atoms with Crippen LogP contribution in [-0.4, -0.2) is 104 Å². The van der Waals surface area contributed by atoms with Crippen LogP contribution in [0.2, 0.25) is 5.02 Å². The molecule has 0 spiro atoms. The molecule has 0 bridgehead atoms. The van der Waals surface area contributed by atoms with E-state index in [-0.39, 0.29) is 41.8 Å². The van der Waals surface area contributed by atoms with Gasteiger partial charge >= 0.3 is 6.03 Å². The molecule has 4 fully saturated rings. The molecule has 3 saturated heterocycles. The molecule has 0 radical (unpaired) electrons. The quantitative estimate of drug-likeness (QED) is 0.194. The van der Waals surface area contributed by atoms with Crippen molar-refractivity contribution in [3.63, 3.8) is 0 Å². The lowest BCUT2D eigenvalue weighted by molar-refractivity contribution is -0.120. The number of carbonyl (C=O) groups is 3. The normalized spacial score (nSPS) is 18.8. The number of urea groups is 1. The minimum absolute atomic E-state index is 0.0114. The number of hydrogen-bond acceptors (Lipinski definition) is 12. The van der Waals surface area contributed by atoms with E-state index in [1.165, 1.54) is 11.8 Å². The maximum Gasteiger partial charge on any atom is 0.329 e. The summed E-state index contributed by atoms with van der Waals surface area (Å²) in [5.41, 5.74) is 4.08. The van der Waals surface area contributed by atoms with Crippen LogP contribution in [0.1, 0.15) is 73.8 Å². The summed E-state index contributed by atoms with van der Waals surface area (Å²) in [4.78, 5) is 73.4. The van der Waals surface area contributed by atoms with Crippen LogP contribution in [0.25, 0.3) is 21.9 Å². The molecular weight excluding hydrogens is 760 g/mol. The molecule has 16 nitrogen and oxygen atoms in total. The zero-order valence-electron chi connectivity index (χ0n) is 33.0. The Hall–Kier alpha value is -5.61. The molecule has 7 heterocycles. The van der Waals surface area contributed by atoms with E-state index in [4.69, 9.17) is 26.7 Å². The first-order valence-electron chi connectivity index (χ1n) is 20.2. The van der Waals surface area contributed by atoms with E-state index in [2.05, 4.69) is 36.4 Å². The summed E-state index contributed by atoms with van der Waals surface area (Å²) in [6.45, 7) is 8.89. The van der Waals surface area contributed by atoms with Gasteiger partial charge in [-0.25, -0.2) is 14.8 Å². The minimum atomic E-state index is -0.467. The van der Waals surface area contributed by atoms with Crippen molar-refractivity contribution in [3.05, 3.63) is 63.2 Å². The average Bonchev–Trinajstić information content (AvgIpc) is 3.86. The van der Waals surface area contributed by atoms with E-state index in [0.29, 0.717) is 45.2 Å². The third-order valence-electron chi connectivity index (χ3n) is 12.4. The number of imide groups is 1. The number of nitrogens with one attached hydrogen (secondary N) is 2. The minimum Gasteiger partial charge on any atom is -0.370 e.